The number of hydrogen-bond acceptors (Lipinski definition) is 1. The molecule has 106 valence electrons. The largest absolute Gasteiger partial charge is 1.00 e. The quantitative estimate of drug-likeness (QED) is 0.418. The van der Waals surface area contributed by atoms with Crippen molar-refractivity contribution in [3.8, 4) is 0 Å². The third-order valence-corrected chi connectivity index (χ3v) is 3.29. The molecule has 1 N–H and O–H groups in total. The molecule has 0 aliphatic carbocycles. The van der Waals surface area contributed by atoms with Gasteiger partial charge in [-0.05, 0) is 25.7 Å². The van der Waals surface area contributed by atoms with Gasteiger partial charge in [0.15, 0.2) is 0 Å². The second-order valence-electron chi connectivity index (χ2n) is 5.58. The molecule has 0 aromatic heterocycles. The van der Waals surface area contributed by atoms with Crippen LogP contribution in [0.5, 0.6) is 0 Å². The van der Waals surface area contributed by atoms with Crippen molar-refractivity contribution in [2.24, 2.45) is 0 Å². The first-order valence-electron chi connectivity index (χ1n) is 7.05. The minimum Gasteiger partial charge on any atom is -1.00 e. The Kier molecular flexibility index (Phi) is 14.6. The number of aliphatic hydroxyl groups excluding tert-OH is 1. The number of nitrogens with zero attached hydrogens (tertiary/aromatic N) is 1. The van der Waals surface area contributed by atoms with Crippen molar-refractivity contribution in [3.05, 3.63) is 0 Å². The molecular formula is C14H32ClNO. The van der Waals surface area contributed by atoms with Crippen LogP contribution in [-0.2, 0) is 0 Å². The number of hydrogen-bond donors (Lipinski definition) is 1. The third kappa shape index (κ3) is 14.1. The van der Waals surface area contributed by atoms with Crippen LogP contribution in [0, 0.1) is 0 Å². The van der Waals surface area contributed by atoms with E-state index in [1.165, 1.54) is 51.6 Å². The van der Waals surface area contributed by atoms with Crippen molar-refractivity contribution >= 4 is 0 Å². The molecule has 0 aromatic carbocycles. The van der Waals surface area contributed by atoms with E-state index in [4.69, 9.17) is 5.11 Å². The molecule has 0 atom stereocenters. The molecule has 0 aromatic rings. The van der Waals surface area contributed by atoms with Crippen molar-refractivity contribution in [2.45, 2.75) is 58.3 Å². The average molecular weight is 266 g/mol. The van der Waals surface area contributed by atoms with Gasteiger partial charge in [0.25, 0.3) is 0 Å². The lowest BCUT2D eigenvalue weighted by Crippen LogP contribution is -3.00. The molecule has 0 heterocycles. The Hall–Kier alpha value is 0.210. The van der Waals surface area contributed by atoms with Crippen LogP contribution in [0.25, 0.3) is 0 Å². The Morgan fingerprint density at radius 3 is 1.76 bits per heavy atom. The molecule has 0 spiro atoms. The van der Waals surface area contributed by atoms with E-state index >= 15 is 0 Å². The molecule has 17 heavy (non-hydrogen) atoms. The van der Waals surface area contributed by atoms with Gasteiger partial charge in [0.2, 0.25) is 0 Å². The van der Waals surface area contributed by atoms with Crippen LogP contribution in [0.4, 0.5) is 0 Å². The SMILES string of the molecule is CCCCCCCC[N+](C)(C)CCCCO.[Cl-]. The summed E-state index contributed by atoms with van der Waals surface area (Å²) in [6.45, 7) is 5.10. The fourth-order valence-corrected chi connectivity index (χ4v) is 2.08. The molecule has 0 radical (unpaired) electrons. The maximum atomic E-state index is 8.75. The highest BCUT2D eigenvalue weighted by atomic mass is 35.5. The van der Waals surface area contributed by atoms with Crippen LogP contribution >= 0.6 is 0 Å². The zero-order valence-electron chi connectivity index (χ0n) is 12.1. The average Bonchev–Trinajstić information content (AvgIpc) is 2.23. The predicted molar refractivity (Wildman–Crippen MR) is 71.5 cm³/mol. The summed E-state index contributed by atoms with van der Waals surface area (Å²) in [6.07, 6.45) is 10.4. The van der Waals surface area contributed by atoms with E-state index in [9.17, 15) is 0 Å². The summed E-state index contributed by atoms with van der Waals surface area (Å²) in [5.41, 5.74) is 0. The van der Waals surface area contributed by atoms with Gasteiger partial charge in [-0.15, -0.1) is 0 Å². The van der Waals surface area contributed by atoms with Crippen LogP contribution in [0.2, 0.25) is 0 Å². The Morgan fingerprint density at radius 2 is 1.24 bits per heavy atom. The van der Waals surface area contributed by atoms with Crippen molar-refractivity contribution in [3.63, 3.8) is 0 Å². The zero-order valence-corrected chi connectivity index (χ0v) is 12.8. The van der Waals surface area contributed by atoms with Crippen molar-refractivity contribution in [1.82, 2.24) is 0 Å². The summed E-state index contributed by atoms with van der Waals surface area (Å²) < 4.78 is 1.12. The summed E-state index contributed by atoms with van der Waals surface area (Å²) in [5.74, 6) is 0. The second-order valence-corrected chi connectivity index (χ2v) is 5.58. The van der Waals surface area contributed by atoms with E-state index in [-0.39, 0.29) is 12.4 Å². The van der Waals surface area contributed by atoms with Gasteiger partial charge in [0, 0.05) is 6.61 Å². The van der Waals surface area contributed by atoms with Crippen LogP contribution in [0.15, 0.2) is 0 Å². The van der Waals surface area contributed by atoms with Crippen LogP contribution in [-0.4, -0.2) is 43.4 Å². The molecule has 0 saturated heterocycles. The van der Waals surface area contributed by atoms with Gasteiger partial charge in [0.1, 0.15) is 0 Å². The molecule has 0 amide bonds. The molecule has 0 fully saturated rings. The molecular weight excluding hydrogens is 234 g/mol. The van der Waals surface area contributed by atoms with E-state index in [0.717, 1.165) is 17.3 Å². The Labute approximate surface area is 114 Å². The van der Waals surface area contributed by atoms with Gasteiger partial charge < -0.3 is 22.0 Å². The summed E-state index contributed by atoms with van der Waals surface area (Å²) in [5, 5.41) is 8.75. The fraction of sp³-hybridized carbons (Fsp3) is 1.00. The summed E-state index contributed by atoms with van der Waals surface area (Å²) >= 11 is 0. The monoisotopic (exact) mass is 265 g/mol. The topological polar surface area (TPSA) is 20.2 Å². The highest BCUT2D eigenvalue weighted by molar-refractivity contribution is 4.45. The van der Waals surface area contributed by atoms with Gasteiger partial charge in [-0.25, -0.2) is 0 Å². The Bertz CT molecular complexity index is 151. The van der Waals surface area contributed by atoms with Crippen LogP contribution < -0.4 is 12.4 Å². The normalized spacial score (nSPS) is 11.3. The molecule has 2 nitrogen and oxygen atoms in total. The first-order chi connectivity index (χ1) is 7.62. The Balaban J connectivity index is 0. The lowest BCUT2D eigenvalue weighted by atomic mass is 10.1. The standard InChI is InChI=1S/C14H32NO.ClH/c1-4-5-6-7-8-9-12-15(2,3)13-10-11-14-16;/h16H,4-14H2,1-3H3;1H/q+1;/p-1. The minimum absolute atomic E-state index is 0. The van der Waals surface area contributed by atoms with Crippen LogP contribution in [0.1, 0.15) is 58.3 Å². The lowest BCUT2D eigenvalue weighted by molar-refractivity contribution is -0.890. The maximum Gasteiger partial charge on any atom is 0.0783 e. The van der Waals surface area contributed by atoms with E-state index in [1.54, 1.807) is 0 Å². The van der Waals surface area contributed by atoms with E-state index in [0.29, 0.717) is 6.61 Å². The molecule has 0 unspecified atom stereocenters. The number of aliphatic hydroxyl groups is 1. The molecule has 0 bridgehead atoms. The Morgan fingerprint density at radius 1 is 0.765 bits per heavy atom. The van der Waals surface area contributed by atoms with Gasteiger partial charge in [-0.3, -0.25) is 0 Å². The predicted octanol–water partition coefficient (Wildman–Crippen LogP) is 0.200. The number of quaternary nitrogens is 1. The fourth-order valence-electron chi connectivity index (χ4n) is 2.08. The van der Waals surface area contributed by atoms with Crippen molar-refractivity contribution in [1.29, 1.82) is 0 Å². The van der Waals surface area contributed by atoms with E-state index < -0.39 is 0 Å². The van der Waals surface area contributed by atoms with Gasteiger partial charge in [-0.1, -0.05) is 32.6 Å². The van der Waals surface area contributed by atoms with Gasteiger partial charge in [-0.2, -0.15) is 0 Å². The molecule has 0 aliphatic rings. The van der Waals surface area contributed by atoms with Gasteiger partial charge >= 0.3 is 0 Å². The second kappa shape index (κ2) is 12.7. The summed E-state index contributed by atoms with van der Waals surface area (Å²) in [6, 6.07) is 0. The molecule has 0 aliphatic heterocycles. The summed E-state index contributed by atoms with van der Waals surface area (Å²) in [4.78, 5) is 0. The minimum atomic E-state index is 0. The van der Waals surface area contributed by atoms with Gasteiger partial charge in [0.05, 0.1) is 27.2 Å². The lowest BCUT2D eigenvalue weighted by Gasteiger charge is -2.29. The smallest absolute Gasteiger partial charge is 0.0783 e. The number of halogens is 1. The van der Waals surface area contributed by atoms with E-state index in [1.807, 2.05) is 0 Å². The molecule has 0 saturated carbocycles. The summed E-state index contributed by atoms with van der Waals surface area (Å²) in [7, 11) is 4.62. The van der Waals surface area contributed by atoms with Crippen molar-refractivity contribution in [2.75, 3.05) is 33.8 Å². The third-order valence-electron chi connectivity index (χ3n) is 3.29. The number of unbranched alkanes of at least 4 members (excludes halogenated alkanes) is 6. The zero-order chi connectivity index (χ0) is 12.3. The molecule has 3 heteroatoms. The highest BCUT2D eigenvalue weighted by Crippen LogP contribution is 2.09. The highest BCUT2D eigenvalue weighted by Gasteiger charge is 2.13. The number of rotatable bonds is 11. The van der Waals surface area contributed by atoms with Crippen molar-refractivity contribution < 1.29 is 22.0 Å². The van der Waals surface area contributed by atoms with E-state index in [2.05, 4.69) is 21.0 Å². The van der Waals surface area contributed by atoms with Crippen LogP contribution in [0.3, 0.4) is 0 Å². The molecule has 0 rings (SSSR count). The first-order valence-corrected chi connectivity index (χ1v) is 7.05. The first kappa shape index (κ1) is 19.5. The maximum absolute atomic E-state index is 8.75.